The van der Waals surface area contributed by atoms with Gasteiger partial charge in [-0.1, -0.05) is 61.3 Å². The van der Waals surface area contributed by atoms with E-state index in [2.05, 4.69) is 48.5 Å². The summed E-state index contributed by atoms with van der Waals surface area (Å²) in [6, 6.07) is 0. The van der Waals surface area contributed by atoms with E-state index in [1.807, 2.05) is 0 Å². The van der Waals surface area contributed by atoms with E-state index < -0.39 is 0 Å². The lowest BCUT2D eigenvalue weighted by molar-refractivity contribution is 0.241. The maximum Gasteiger partial charge on any atom is -0.0298 e. The molecule has 0 bridgehead atoms. The zero-order valence-electron chi connectivity index (χ0n) is 11.8. The van der Waals surface area contributed by atoms with Crippen LogP contribution in [0.5, 0.6) is 0 Å². The van der Waals surface area contributed by atoms with E-state index in [1.165, 1.54) is 12.8 Å². The third-order valence-corrected chi connectivity index (χ3v) is 5.17. The molecule has 0 aromatic heterocycles. The summed E-state index contributed by atoms with van der Waals surface area (Å²) < 4.78 is 0. The molecule has 4 atom stereocenters. The zero-order valence-corrected chi connectivity index (χ0v) is 11.8. The van der Waals surface area contributed by atoms with Gasteiger partial charge in [0.05, 0.1) is 0 Å². The molecule has 1 rings (SSSR count). The molecule has 1 aliphatic carbocycles. The Bertz CT molecular complexity index is 202. The standard InChI is InChI=1S/C15H30/c1-8-12-13(11(5)10(3)4)14(12)15(6,7)9-2/h10-14H,8-9H2,1-7H3. The van der Waals surface area contributed by atoms with Gasteiger partial charge in [0.1, 0.15) is 0 Å². The maximum absolute atomic E-state index is 2.47. The highest BCUT2D eigenvalue weighted by atomic mass is 14.6. The van der Waals surface area contributed by atoms with E-state index in [9.17, 15) is 0 Å². The minimum atomic E-state index is 0.564. The Morgan fingerprint density at radius 1 is 1.07 bits per heavy atom. The SMILES string of the molecule is CCC1C(C(C)C(C)C)C1C(C)(C)CC. The van der Waals surface area contributed by atoms with Crippen molar-refractivity contribution in [3.8, 4) is 0 Å². The molecule has 0 N–H and O–H groups in total. The van der Waals surface area contributed by atoms with Gasteiger partial charge in [-0.2, -0.15) is 0 Å². The molecule has 0 saturated heterocycles. The molecular formula is C15H30. The van der Waals surface area contributed by atoms with E-state index in [0.717, 1.165) is 29.6 Å². The summed E-state index contributed by atoms with van der Waals surface area (Å²) in [5.41, 5.74) is 0.564. The van der Waals surface area contributed by atoms with E-state index in [-0.39, 0.29) is 0 Å². The fraction of sp³-hybridized carbons (Fsp3) is 1.00. The van der Waals surface area contributed by atoms with E-state index in [0.29, 0.717) is 5.41 Å². The van der Waals surface area contributed by atoms with Gasteiger partial charge in [0.25, 0.3) is 0 Å². The van der Waals surface area contributed by atoms with Crippen LogP contribution in [0.25, 0.3) is 0 Å². The third-order valence-electron chi connectivity index (χ3n) is 5.17. The van der Waals surface area contributed by atoms with Crippen LogP contribution in [0.4, 0.5) is 0 Å². The van der Waals surface area contributed by atoms with Gasteiger partial charge in [-0.15, -0.1) is 0 Å². The maximum atomic E-state index is 2.47. The summed E-state index contributed by atoms with van der Waals surface area (Å²) in [5, 5.41) is 0. The molecule has 4 unspecified atom stereocenters. The van der Waals surface area contributed by atoms with Gasteiger partial charge >= 0.3 is 0 Å². The van der Waals surface area contributed by atoms with Crippen LogP contribution in [0.2, 0.25) is 0 Å². The molecule has 0 aliphatic heterocycles. The molecule has 0 nitrogen and oxygen atoms in total. The lowest BCUT2D eigenvalue weighted by atomic mass is 9.80. The molecule has 0 heterocycles. The number of hydrogen-bond acceptors (Lipinski definition) is 0. The second kappa shape index (κ2) is 4.47. The molecule has 1 aliphatic rings. The van der Waals surface area contributed by atoms with Crippen molar-refractivity contribution >= 4 is 0 Å². The second-order valence-electron chi connectivity index (χ2n) is 6.62. The summed E-state index contributed by atoms with van der Waals surface area (Å²) >= 11 is 0. The van der Waals surface area contributed by atoms with Gasteiger partial charge in [0, 0.05) is 0 Å². The molecular weight excluding hydrogens is 180 g/mol. The Kier molecular flexibility index (Phi) is 3.90. The van der Waals surface area contributed by atoms with Gasteiger partial charge < -0.3 is 0 Å². The molecule has 1 fully saturated rings. The summed E-state index contributed by atoms with van der Waals surface area (Å²) in [7, 11) is 0. The second-order valence-corrected chi connectivity index (χ2v) is 6.62. The van der Waals surface area contributed by atoms with Crippen molar-refractivity contribution in [2.24, 2.45) is 35.0 Å². The average Bonchev–Trinajstić information content (AvgIpc) is 2.91. The smallest absolute Gasteiger partial charge is 0.0298 e. The van der Waals surface area contributed by atoms with Crippen molar-refractivity contribution in [2.75, 3.05) is 0 Å². The minimum absolute atomic E-state index is 0.564. The molecule has 1 saturated carbocycles. The third kappa shape index (κ3) is 2.40. The molecule has 90 valence electrons. The predicted molar refractivity (Wildman–Crippen MR) is 68.8 cm³/mol. The normalized spacial score (nSPS) is 33.2. The van der Waals surface area contributed by atoms with E-state index >= 15 is 0 Å². The zero-order chi connectivity index (χ0) is 11.8. The first-order valence-electron chi connectivity index (χ1n) is 6.86. The van der Waals surface area contributed by atoms with Crippen molar-refractivity contribution in [1.82, 2.24) is 0 Å². The largest absolute Gasteiger partial charge is 0.0651 e. The van der Waals surface area contributed by atoms with Crippen LogP contribution in [0.3, 0.4) is 0 Å². The van der Waals surface area contributed by atoms with Crippen molar-refractivity contribution in [3.05, 3.63) is 0 Å². The van der Waals surface area contributed by atoms with Crippen molar-refractivity contribution < 1.29 is 0 Å². The summed E-state index contributed by atoms with van der Waals surface area (Å²) in [5.74, 6) is 4.76. The van der Waals surface area contributed by atoms with Crippen LogP contribution < -0.4 is 0 Å². The highest BCUT2D eigenvalue weighted by Crippen LogP contribution is 2.62. The average molecular weight is 210 g/mol. The Balaban J connectivity index is 2.69. The molecule has 0 aromatic rings. The Morgan fingerprint density at radius 3 is 1.93 bits per heavy atom. The molecule has 0 spiro atoms. The first-order valence-corrected chi connectivity index (χ1v) is 6.86. The van der Waals surface area contributed by atoms with Crippen LogP contribution in [-0.4, -0.2) is 0 Å². The predicted octanol–water partition coefficient (Wildman–Crippen LogP) is 4.99. The van der Waals surface area contributed by atoms with Crippen LogP contribution in [0.1, 0.15) is 61.3 Å². The monoisotopic (exact) mass is 210 g/mol. The van der Waals surface area contributed by atoms with Crippen LogP contribution in [0.15, 0.2) is 0 Å². The molecule has 0 radical (unpaired) electrons. The van der Waals surface area contributed by atoms with Crippen molar-refractivity contribution in [2.45, 2.75) is 61.3 Å². The van der Waals surface area contributed by atoms with E-state index in [1.54, 1.807) is 0 Å². The summed E-state index contributed by atoms with van der Waals surface area (Å²) in [6.45, 7) is 16.9. The topological polar surface area (TPSA) is 0 Å². The minimum Gasteiger partial charge on any atom is -0.0651 e. The first-order chi connectivity index (χ1) is 6.86. The van der Waals surface area contributed by atoms with Crippen LogP contribution in [-0.2, 0) is 0 Å². The molecule has 15 heavy (non-hydrogen) atoms. The fourth-order valence-corrected chi connectivity index (χ4v) is 3.42. The highest BCUT2D eigenvalue weighted by Gasteiger charge is 2.57. The van der Waals surface area contributed by atoms with Gasteiger partial charge in [-0.25, -0.2) is 0 Å². The first kappa shape index (κ1) is 13.1. The summed E-state index contributed by atoms with van der Waals surface area (Å²) in [4.78, 5) is 0. The van der Waals surface area contributed by atoms with Crippen LogP contribution in [0, 0.1) is 35.0 Å². The van der Waals surface area contributed by atoms with Crippen molar-refractivity contribution in [1.29, 1.82) is 0 Å². The fourth-order valence-electron chi connectivity index (χ4n) is 3.42. The van der Waals surface area contributed by atoms with Gasteiger partial charge in [-0.05, 0) is 35.0 Å². The Labute approximate surface area is 96.8 Å². The highest BCUT2D eigenvalue weighted by molar-refractivity contribution is 5.05. The molecule has 0 amide bonds. The van der Waals surface area contributed by atoms with Gasteiger partial charge in [0.15, 0.2) is 0 Å². The lowest BCUT2D eigenvalue weighted by Gasteiger charge is -2.25. The van der Waals surface area contributed by atoms with Crippen molar-refractivity contribution in [3.63, 3.8) is 0 Å². The van der Waals surface area contributed by atoms with Gasteiger partial charge in [-0.3, -0.25) is 0 Å². The van der Waals surface area contributed by atoms with Gasteiger partial charge in [0.2, 0.25) is 0 Å². The quantitative estimate of drug-likeness (QED) is 0.600. The van der Waals surface area contributed by atoms with E-state index in [4.69, 9.17) is 0 Å². The van der Waals surface area contributed by atoms with Crippen LogP contribution >= 0.6 is 0 Å². The molecule has 0 aromatic carbocycles. The number of hydrogen-bond donors (Lipinski definition) is 0. The Hall–Kier alpha value is 0. The summed E-state index contributed by atoms with van der Waals surface area (Å²) in [6.07, 6.45) is 2.71. The number of rotatable bonds is 5. The lowest BCUT2D eigenvalue weighted by Crippen LogP contribution is -2.17. The molecule has 0 heteroatoms. The Morgan fingerprint density at radius 2 is 1.60 bits per heavy atom.